The van der Waals surface area contributed by atoms with Crippen molar-refractivity contribution in [1.29, 1.82) is 0 Å². The summed E-state index contributed by atoms with van der Waals surface area (Å²) >= 11 is 0. The van der Waals surface area contributed by atoms with E-state index in [1.165, 1.54) is 22.3 Å². The molecule has 2 heterocycles. The lowest BCUT2D eigenvalue weighted by Gasteiger charge is -2.35. The minimum Gasteiger partial charge on any atom is -0.370 e. The molecule has 0 saturated carbocycles. The quantitative estimate of drug-likeness (QED) is 0.247. The van der Waals surface area contributed by atoms with Gasteiger partial charge in [-0.2, -0.15) is 0 Å². The number of nitrogens with zero attached hydrogens (tertiary/aromatic N) is 3. The van der Waals surface area contributed by atoms with Crippen molar-refractivity contribution < 1.29 is 9.53 Å². The second-order valence-electron chi connectivity index (χ2n) is 8.52. The summed E-state index contributed by atoms with van der Waals surface area (Å²) in [5, 5.41) is 3.42. The van der Waals surface area contributed by atoms with Crippen LogP contribution in [-0.4, -0.2) is 54.5 Å². The minimum absolute atomic E-state index is 0. The Hall–Kier alpha value is -2.13. The average Bonchev–Trinajstić information content (AvgIpc) is 3.26. The number of aliphatic imine (C=N–C) groups is 1. The van der Waals surface area contributed by atoms with E-state index < -0.39 is 0 Å². The third-order valence-corrected chi connectivity index (χ3v) is 6.24. The smallest absolute Gasteiger partial charge is 0.223 e. The molecule has 1 fully saturated rings. The van der Waals surface area contributed by atoms with Gasteiger partial charge in [0.15, 0.2) is 5.96 Å². The number of ether oxygens (including phenoxy) is 1. The average molecular weight is 562 g/mol. The van der Waals surface area contributed by atoms with E-state index in [0.717, 1.165) is 45.1 Å². The van der Waals surface area contributed by atoms with Gasteiger partial charge in [-0.3, -0.25) is 9.79 Å². The molecular weight excluding hydrogens is 527 g/mol. The number of benzene rings is 2. The molecule has 1 unspecified atom stereocenters. The summed E-state index contributed by atoms with van der Waals surface area (Å²) in [6.45, 7) is 9.41. The Morgan fingerprint density at radius 1 is 1.09 bits per heavy atom. The van der Waals surface area contributed by atoms with Crippen molar-refractivity contribution in [3.05, 3.63) is 70.8 Å². The molecular formula is C26H35IN4O2. The van der Waals surface area contributed by atoms with Gasteiger partial charge >= 0.3 is 0 Å². The fourth-order valence-electron chi connectivity index (χ4n) is 4.49. The lowest BCUT2D eigenvalue weighted by molar-refractivity contribution is -0.131. The van der Waals surface area contributed by atoms with Crippen LogP contribution in [0.2, 0.25) is 0 Å². The lowest BCUT2D eigenvalue weighted by atomic mass is 10.0. The third-order valence-electron chi connectivity index (χ3n) is 6.24. The monoisotopic (exact) mass is 562 g/mol. The van der Waals surface area contributed by atoms with Crippen molar-refractivity contribution in [2.45, 2.75) is 45.9 Å². The predicted molar refractivity (Wildman–Crippen MR) is 143 cm³/mol. The Kier molecular flexibility index (Phi) is 9.55. The van der Waals surface area contributed by atoms with Crippen LogP contribution in [0.3, 0.4) is 0 Å². The van der Waals surface area contributed by atoms with Gasteiger partial charge in [0.25, 0.3) is 0 Å². The van der Waals surface area contributed by atoms with Crippen LogP contribution in [0.25, 0.3) is 0 Å². The van der Waals surface area contributed by atoms with Crippen LogP contribution in [0.5, 0.6) is 0 Å². The lowest BCUT2D eigenvalue weighted by Crippen LogP contribution is -2.48. The zero-order valence-corrected chi connectivity index (χ0v) is 22.0. The van der Waals surface area contributed by atoms with E-state index in [1.807, 2.05) is 17.0 Å². The molecule has 0 aromatic heterocycles. The Bertz CT molecular complexity index is 940. The maximum Gasteiger partial charge on any atom is 0.223 e. The van der Waals surface area contributed by atoms with E-state index in [2.05, 4.69) is 60.5 Å². The Morgan fingerprint density at radius 2 is 1.79 bits per heavy atom. The predicted octanol–water partition coefficient (Wildman–Crippen LogP) is 4.27. The highest BCUT2D eigenvalue weighted by atomic mass is 127. The number of guanidine groups is 1. The number of halogens is 1. The molecule has 2 aliphatic rings. The van der Waals surface area contributed by atoms with E-state index in [-0.39, 0.29) is 36.0 Å². The number of hydrogen-bond acceptors (Lipinski definition) is 3. The van der Waals surface area contributed by atoms with Gasteiger partial charge in [0, 0.05) is 39.1 Å². The normalized spacial score (nSPS) is 18.0. The topological polar surface area (TPSA) is 57.2 Å². The molecule has 2 aromatic carbocycles. The summed E-state index contributed by atoms with van der Waals surface area (Å²) in [5.41, 5.74) is 5.03. The van der Waals surface area contributed by atoms with E-state index in [1.54, 1.807) is 0 Å². The van der Waals surface area contributed by atoms with Crippen LogP contribution in [0, 0.1) is 6.92 Å². The van der Waals surface area contributed by atoms with Crippen molar-refractivity contribution in [1.82, 2.24) is 15.1 Å². The molecule has 0 bridgehead atoms. The van der Waals surface area contributed by atoms with Gasteiger partial charge in [-0.05, 0) is 42.5 Å². The fourth-order valence-corrected chi connectivity index (χ4v) is 4.49. The van der Waals surface area contributed by atoms with Crippen LogP contribution in [0.4, 0.5) is 0 Å². The first kappa shape index (κ1) is 25.5. The van der Waals surface area contributed by atoms with Gasteiger partial charge in [0.05, 0.1) is 13.2 Å². The number of hydrogen-bond donors (Lipinski definition) is 1. The summed E-state index contributed by atoms with van der Waals surface area (Å²) < 4.78 is 6.07. The van der Waals surface area contributed by atoms with Crippen molar-refractivity contribution >= 4 is 35.8 Å². The molecule has 33 heavy (non-hydrogen) atoms. The van der Waals surface area contributed by atoms with Crippen LogP contribution in [0.1, 0.15) is 48.1 Å². The van der Waals surface area contributed by atoms with E-state index in [4.69, 9.17) is 9.73 Å². The molecule has 4 rings (SSSR count). The molecule has 1 saturated heterocycles. The summed E-state index contributed by atoms with van der Waals surface area (Å²) in [5.74, 6) is 1.13. The van der Waals surface area contributed by atoms with Crippen LogP contribution in [0.15, 0.2) is 53.5 Å². The van der Waals surface area contributed by atoms with Crippen molar-refractivity contribution in [2.75, 3.05) is 32.8 Å². The SMILES string of the molecule is CCNC(=NCCCC(=O)N1Cc2ccccc2C1)N1CCOC(c2ccccc2C)C1.I. The largest absolute Gasteiger partial charge is 0.370 e. The van der Waals surface area contributed by atoms with Crippen molar-refractivity contribution in [3.63, 3.8) is 0 Å². The minimum atomic E-state index is 0. The highest BCUT2D eigenvalue weighted by Crippen LogP contribution is 2.25. The molecule has 0 radical (unpaired) electrons. The first-order chi connectivity index (χ1) is 15.7. The molecule has 2 aromatic rings. The number of nitrogens with one attached hydrogen (secondary N) is 1. The molecule has 2 aliphatic heterocycles. The van der Waals surface area contributed by atoms with Crippen molar-refractivity contribution in [3.8, 4) is 0 Å². The van der Waals surface area contributed by atoms with Gasteiger partial charge in [-0.25, -0.2) is 0 Å². The highest BCUT2D eigenvalue weighted by Gasteiger charge is 2.25. The van der Waals surface area contributed by atoms with Gasteiger partial charge in [-0.15, -0.1) is 24.0 Å². The number of morpholine rings is 1. The second kappa shape index (κ2) is 12.4. The van der Waals surface area contributed by atoms with Gasteiger partial charge < -0.3 is 19.9 Å². The number of carbonyl (C=O) groups excluding carboxylic acids is 1. The summed E-state index contributed by atoms with van der Waals surface area (Å²) in [4.78, 5) is 21.7. The molecule has 0 aliphatic carbocycles. The summed E-state index contributed by atoms with van der Waals surface area (Å²) in [6.07, 6.45) is 1.34. The summed E-state index contributed by atoms with van der Waals surface area (Å²) in [6, 6.07) is 16.7. The van der Waals surface area contributed by atoms with Crippen LogP contribution >= 0.6 is 24.0 Å². The van der Waals surface area contributed by atoms with E-state index in [0.29, 0.717) is 19.6 Å². The Balaban J connectivity index is 0.00000306. The molecule has 178 valence electrons. The molecule has 0 spiro atoms. The molecule has 1 amide bonds. The van der Waals surface area contributed by atoms with Gasteiger partial charge in [0.2, 0.25) is 5.91 Å². The van der Waals surface area contributed by atoms with Gasteiger partial charge in [-0.1, -0.05) is 48.5 Å². The molecule has 1 N–H and O–H groups in total. The second-order valence-corrected chi connectivity index (χ2v) is 8.52. The van der Waals surface area contributed by atoms with E-state index in [9.17, 15) is 4.79 Å². The molecule has 1 atom stereocenters. The fraction of sp³-hybridized carbons (Fsp3) is 0.462. The maximum absolute atomic E-state index is 12.7. The van der Waals surface area contributed by atoms with E-state index >= 15 is 0 Å². The third kappa shape index (κ3) is 6.47. The number of carbonyl (C=O) groups is 1. The zero-order valence-electron chi connectivity index (χ0n) is 19.6. The number of amides is 1. The molecule has 7 heteroatoms. The maximum atomic E-state index is 12.7. The summed E-state index contributed by atoms with van der Waals surface area (Å²) in [7, 11) is 0. The first-order valence-electron chi connectivity index (χ1n) is 11.7. The number of aryl methyl sites for hydroxylation is 1. The number of fused-ring (bicyclic) bond motifs is 1. The first-order valence-corrected chi connectivity index (χ1v) is 11.7. The highest BCUT2D eigenvalue weighted by molar-refractivity contribution is 14.0. The van der Waals surface area contributed by atoms with Crippen LogP contribution in [-0.2, 0) is 22.6 Å². The standard InChI is InChI=1S/C26H34N4O2.HI/c1-3-27-26(29-15-16-32-24(19-29)23-12-7-4-9-20(23)2)28-14-8-13-25(31)30-17-21-10-5-6-11-22(21)18-30;/h4-7,9-12,24H,3,8,13-19H2,1-2H3,(H,27,28);1H. The zero-order chi connectivity index (χ0) is 22.3. The molecule has 6 nitrogen and oxygen atoms in total. The number of rotatable bonds is 6. The van der Waals surface area contributed by atoms with Gasteiger partial charge in [0.1, 0.15) is 6.10 Å². The Morgan fingerprint density at radius 3 is 2.48 bits per heavy atom. The van der Waals surface area contributed by atoms with Crippen molar-refractivity contribution in [2.24, 2.45) is 4.99 Å². The van der Waals surface area contributed by atoms with Crippen LogP contribution < -0.4 is 5.32 Å². The Labute approximate surface area is 214 Å².